The molecule has 24 heavy (non-hydrogen) atoms. The maximum absolute atomic E-state index is 12.3. The van der Waals surface area contributed by atoms with Gasteiger partial charge in [0.05, 0.1) is 19.8 Å². The molecule has 0 radical (unpaired) electrons. The normalized spacial score (nSPS) is 17.3. The number of rotatable bonds is 5. The van der Waals surface area contributed by atoms with Crippen molar-refractivity contribution in [3.8, 4) is 11.5 Å². The monoisotopic (exact) mass is 335 g/mol. The number of nitrogens with zero attached hydrogens (tertiary/aromatic N) is 1. The van der Waals surface area contributed by atoms with E-state index in [9.17, 15) is 9.59 Å². The summed E-state index contributed by atoms with van der Waals surface area (Å²) < 4.78 is 15.7. The van der Waals surface area contributed by atoms with Gasteiger partial charge in [0.2, 0.25) is 0 Å². The molecule has 1 saturated heterocycles. The molecule has 132 valence electrons. The van der Waals surface area contributed by atoms with E-state index in [1.807, 2.05) is 13.8 Å². The lowest BCUT2D eigenvalue weighted by Crippen LogP contribution is -2.44. The van der Waals surface area contributed by atoms with E-state index in [-0.39, 0.29) is 18.6 Å². The number of esters is 1. The van der Waals surface area contributed by atoms with Crippen LogP contribution >= 0.6 is 0 Å². The summed E-state index contributed by atoms with van der Waals surface area (Å²) in [6, 6.07) is 3.38. The lowest BCUT2D eigenvalue weighted by Gasteiger charge is -2.33. The second kappa shape index (κ2) is 8.04. The Morgan fingerprint density at radius 2 is 1.79 bits per heavy atom. The quantitative estimate of drug-likeness (QED) is 0.774. The van der Waals surface area contributed by atoms with Gasteiger partial charge in [0.15, 0.2) is 6.61 Å². The predicted molar refractivity (Wildman–Crippen MR) is 89.6 cm³/mol. The third kappa shape index (κ3) is 3.99. The second-order valence-corrected chi connectivity index (χ2v) is 6.01. The van der Waals surface area contributed by atoms with E-state index >= 15 is 0 Å². The Morgan fingerprint density at radius 3 is 2.33 bits per heavy atom. The van der Waals surface area contributed by atoms with E-state index < -0.39 is 5.97 Å². The van der Waals surface area contributed by atoms with Crippen LogP contribution in [0.3, 0.4) is 0 Å². The fraction of sp³-hybridized carbons (Fsp3) is 0.556. The summed E-state index contributed by atoms with van der Waals surface area (Å²) in [5.74, 6) is 0.362. The standard InChI is InChI=1S/C18H25NO5/c1-12-7-5-6-8-19(12)17(20)11-24-18(21)14-9-15(22-3)13(2)16(10-14)23-4/h9-10,12H,5-8,11H2,1-4H3/t12-/m1/s1. The number of hydrogen-bond donors (Lipinski definition) is 0. The number of likely N-dealkylation sites (tertiary alicyclic amines) is 1. The van der Waals surface area contributed by atoms with Crippen molar-refractivity contribution in [2.75, 3.05) is 27.4 Å². The average Bonchev–Trinajstić information content (AvgIpc) is 2.59. The van der Waals surface area contributed by atoms with Gasteiger partial charge in [-0.25, -0.2) is 4.79 Å². The van der Waals surface area contributed by atoms with Gasteiger partial charge in [-0.2, -0.15) is 0 Å². The number of carbonyl (C=O) groups excluding carboxylic acids is 2. The largest absolute Gasteiger partial charge is 0.496 e. The number of methoxy groups -OCH3 is 2. The molecule has 1 fully saturated rings. The van der Waals surface area contributed by atoms with Crippen LogP contribution in [0.15, 0.2) is 12.1 Å². The van der Waals surface area contributed by atoms with Crippen molar-refractivity contribution >= 4 is 11.9 Å². The van der Waals surface area contributed by atoms with Crippen LogP contribution in [0.1, 0.15) is 42.1 Å². The molecule has 1 aliphatic heterocycles. The summed E-state index contributed by atoms with van der Waals surface area (Å²) in [5, 5.41) is 0. The first-order valence-electron chi connectivity index (χ1n) is 8.17. The van der Waals surface area contributed by atoms with E-state index in [0.717, 1.165) is 31.4 Å². The van der Waals surface area contributed by atoms with Crippen molar-refractivity contribution in [3.63, 3.8) is 0 Å². The molecule has 0 spiro atoms. The van der Waals surface area contributed by atoms with Gasteiger partial charge in [-0.15, -0.1) is 0 Å². The SMILES string of the molecule is COc1cc(C(=O)OCC(=O)N2CCCC[C@H]2C)cc(OC)c1C. The number of hydrogen-bond acceptors (Lipinski definition) is 5. The molecule has 2 rings (SSSR count). The zero-order valence-electron chi connectivity index (χ0n) is 14.8. The molecule has 0 aromatic heterocycles. The smallest absolute Gasteiger partial charge is 0.338 e. The molecule has 0 N–H and O–H groups in total. The first-order chi connectivity index (χ1) is 11.5. The maximum atomic E-state index is 12.3. The fourth-order valence-corrected chi connectivity index (χ4v) is 2.97. The summed E-state index contributed by atoms with van der Waals surface area (Å²) in [5.41, 5.74) is 1.10. The zero-order valence-corrected chi connectivity index (χ0v) is 14.8. The molecule has 0 bridgehead atoms. The minimum absolute atomic E-state index is 0.151. The van der Waals surface area contributed by atoms with Crippen LogP contribution in [0.5, 0.6) is 11.5 Å². The molecule has 1 atom stereocenters. The number of amides is 1. The van der Waals surface area contributed by atoms with Crippen LogP contribution in [-0.4, -0.2) is 50.2 Å². The highest BCUT2D eigenvalue weighted by Crippen LogP contribution is 2.29. The Labute approximate surface area is 142 Å². The minimum atomic E-state index is -0.565. The first kappa shape index (κ1) is 18.1. The third-order valence-electron chi connectivity index (χ3n) is 4.44. The average molecular weight is 335 g/mol. The summed E-state index contributed by atoms with van der Waals surface area (Å²) >= 11 is 0. The van der Waals surface area contributed by atoms with Gasteiger partial charge in [-0.3, -0.25) is 4.79 Å². The molecule has 0 unspecified atom stereocenters. The van der Waals surface area contributed by atoms with Gasteiger partial charge in [0.1, 0.15) is 11.5 Å². The van der Waals surface area contributed by atoms with E-state index in [4.69, 9.17) is 14.2 Å². The van der Waals surface area contributed by atoms with Crippen molar-refractivity contribution < 1.29 is 23.8 Å². The lowest BCUT2D eigenvalue weighted by atomic mass is 10.0. The Morgan fingerprint density at radius 1 is 1.17 bits per heavy atom. The van der Waals surface area contributed by atoms with Crippen molar-refractivity contribution in [2.24, 2.45) is 0 Å². The molecular weight excluding hydrogens is 310 g/mol. The molecule has 1 heterocycles. The van der Waals surface area contributed by atoms with Crippen LogP contribution in [-0.2, 0) is 9.53 Å². The summed E-state index contributed by atoms with van der Waals surface area (Å²) in [6.45, 7) is 4.34. The van der Waals surface area contributed by atoms with Gasteiger partial charge in [0.25, 0.3) is 5.91 Å². The number of carbonyl (C=O) groups is 2. The third-order valence-corrected chi connectivity index (χ3v) is 4.44. The van der Waals surface area contributed by atoms with E-state index in [1.165, 1.54) is 14.2 Å². The second-order valence-electron chi connectivity index (χ2n) is 6.01. The molecule has 1 aromatic carbocycles. The van der Waals surface area contributed by atoms with E-state index in [1.54, 1.807) is 17.0 Å². The van der Waals surface area contributed by atoms with Crippen molar-refractivity contribution in [1.82, 2.24) is 4.90 Å². The van der Waals surface area contributed by atoms with Crippen LogP contribution < -0.4 is 9.47 Å². The topological polar surface area (TPSA) is 65.1 Å². The zero-order chi connectivity index (χ0) is 17.7. The Balaban J connectivity index is 2.03. The summed E-state index contributed by atoms with van der Waals surface area (Å²) in [4.78, 5) is 26.3. The van der Waals surface area contributed by atoms with E-state index in [2.05, 4.69) is 0 Å². The minimum Gasteiger partial charge on any atom is -0.496 e. The van der Waals surface area contributed by atoms with Gasteiger partial charge in [0, 0.05) is 18.2 Å². The van der Waals surface area contributed by atoms with Crippen LogP contribution in [0.25, 0.3) is 0 Å². The molecule has 1 aromatic rings. The predicted octanol–water partition coefficient (Wildman–Crippen LogP) is 2.57. The summed E-state index contributed by atoms with van der Waals surface area (Å²) in [7, 11) is 3.05. The molecule has 0 aliphatic carbocycles. The van der Waals surface area contributed by atoms with Crippen LogP contribution in [0.2, 0.25) is 0 Å². The van der Waals surface area contributed by atoms with Crippen LogP contribution in [0, 0.1) is 6.92 Å². The number of benzene rings is 1. The number of piperidine rings is 1. The van der Waals surface area contributed by atoms with Crippen LogP contribution in [0.4, 0.5) is 0 Å². The molecule has 0 saturated carbocycles. The highest BCUT2D eigenvalue weighted by molar-refractivity contribution is 5.92. The van der Waals surface area contributed by atoms with E-state index in [0.29, 0.717) is 17.1 Å². The molecular formula is C18H25NO5. The highest BCUT2D eigenvalue weighted by atomic mass is 16.5. The Hall–Kier alpha value is -2.24. The first-order valence-corrected chi connectivity index (χ1v) is 8.17. The van der Waals surface area contributed by atoms with Crippen molar-refractivity contribution in [1.29, 1.82) is 0 Å². The van der Waals surface area contributed by atoms with Crippen molar-refractivity contribution in [3.05, 3.63) is 23.3 Å². The fourth-order valence-electron chi connectivity index (χ4n) is 2.97. The Kier molecular flexibility index (Phi) is 6.06. The maximum Gasteiger partial charge on any atom is 0.338 e. The van der Waals surface area contributed by atoms with Gasteiger partial charge >= 0.3 is 5.97 Å². The lowest BCUT2D eigenvalue weighted by molar-refractivity contribution is -0.137. The molecule has 6 heteroatoms. The van der Waals surface area contributed by atoms with Gasteiger partial charge < -0.3 is 19.1 Å². The van der Waals surface area contributed by atoms with Gasteiger partial charge in [-0.05, 0) is 45.2 Å². The molecule has 6 nitrogen and oxygen atoms in total. The highest BCUT2D eigenvalue weighted by Gasteiger charge is 2.24. The van der Waals surface area contributed by atoms with Gasteiger partial charge in [-0.1, -0.05) is 0 Å². The van der Waals surface area contributed by atoms with Crippen molar-refractivity contribution in [2.45, 2.75) is 39.2 Å². The number of ether oxygens (including phenoxy) is 3. The Bertz CT molecular complexity index is 588. The molecule has 1 aliphatic rings. The molecule has 1 amide bonds. The summed E-state index contributed by atoms with van der Waals surface area (Å²) in [6.07, 6.45) is 3.12.